The highest BCUT2D eigenvalue weighted by atomic mass is 35.5. The summed E-state index contributed by atoms with van der Waals surface area (Å²) in [6, 6.07) is 19.8. The van der Waals surface area contributed by atoms with Gasteiger partial charge in [0, 0.05) is 29.2 Å². The van der Waals surface area contributed by atoms with Crippen LogP contribution in [0.15, 0.2) is 66.7 Å². The zero-order valence-electron chi connectivity index (χ0n) is 21.6. The van der Waals surface area contributed by atoms with E-state index < -0.39 is 29.6 Å². The molecular formula is C29H26ClN5O5. The van der Waals surface area contributed by atoms with Crippen LogP contribution in [0, 0.1) is 0 Å². The largest absolute Gasteiger partial charge is 0.453 e. The van der Waals surface area contributed by atoms with Crippen LogP contribution in [-0.4, -0.2) is 48.3 Å². The maximum absolute atomic E-state index is 14.3. The number of imide groups is 1. The first-order chi connectivity index (χ1) is 19.4. The van der Waals surface area contributed by atoms with Crippen molar-refractivity contribution in [2.24, 2.45) is 0 Å². The van der Waals surface area contributed by atoms with Gasteiger partial charge in [-0.15, -0.1) is 0 Å². The molecule has 3 heterocycles. The van der Waals surface area contributed by atoms with E-state index in [0.717, 1.165) is 10.5 Å². The summed E-state index contributed by atoms with van der Waals surface area (Å²) in [6.07, 6.45) is -0.477. The van der Waals surface area contributed by atoms with Gasteiger partial charge in [0.05, 0.1) is 23.8 Å². The van der Waals surface area contributed by atoms with E-state index in [1.165, 1.54) is 7.11 Å². The van der Waals surface area contributed by atoms with Gasteiger partial charge in [-0.25, -0.2) is 19.5 Å². The van der Waals surface area contributed by atoms with Crippen LogP contribution >= 0.6 is 11.6 Å². The quantitative estimate of drug-likeness (QED) is 0.311. The van der Waals surface area contributed by atoms with Gasteiger partial charge in [-0.1, -0.05) is 41.9 Å². The van der Waals surface area contributed by atoms with Gasteiger partial charge in [0.15, 0.2) is 5.60 Å². The average molecular weight is 560 g/mol. The SMILES string of the molecule is COC(=O)Nc1ccc2nc(C(Cc3ccccc3)C(=O)N3C(=O)OC4(CCNC4)c4cc(Cl)ccc43)[nH]c2c1. The fourth-order valence-electron chi connectivity index (χ4n) is 5.38. The molecule has 2 aliphatic heterocycles. The van der Waals surface area contributed by atoms with Gasteiger partial charge in [0.2, 0.25) is 5.91 Å². The lowest BCUT2D eigenvalue weighted by molar-refractivity contribution is -0.120. The molecule has 0 bridgehead atoms. The van der Waals surface area contributed by atoms with Crippen LogP contribution in [0.4, 0.5) is 21.0 Å². The number of anilines is 2. The number of ether oxygens (including phenoxy) is 2. The number of benzene rings is 3. The Morgan fingerprint density at radius 2 is 2.00 bits per heavy atom. The number of imidazole rings is 1. The monoisotopic (exact) mass is 559 g/mol. The summed E-state index contributed by atoms with van der Waals surface area (Å²) < 4.78 is 10.6. The van der Waals surface area contributed by atoms with Gasteiger partial charge < -0.3 is 19.8 Å². The van der Waals surface area contributed by atoms with Crippen molar-refractivity contribution in [3.63, 3.8) is 0 Å². The molecule has 3 N–H and O–H groups in total. The fourth-order valence-corrected chi connectivity index (χ4v) is 5.55. The van der Waals surface area contributed by atoms with Crippen molar-refractivity contribution in [1.82, 2.24) is 15.3 Å². The Kier molecular flexibility index (Phi) is 6.65. The molecule has 0 aliphatic carbocycles. The second-order valence-electron chi connectivity index (χ2n) is 9.84. The number of hydrogen-bond acceptors (Lipinski definition) is 7. The van der Waals surface area contributed by atoms with E-state index in [-0.39, 0.29) is 6.42 Å². The Labute approximate surface area is 234 Å². The van der Waals surface area contributed by atoms with E-state index in [1.54, 1.807) is 36.4 Å². The Morgan fingerprint density at radius 3 is 2.75 bits per heavy atom. The smallest absolute Gasteiger partial charge is 0.422 e. The van der Waals surface area contributed by atoms with E-state index in [0.29, 0.717) is 58.3 Å². The summed E-state index contributed by atoms with van der Waals surface area (Å²) >= 11 is 6.35. The molecule has 3 aromatic carbocycles. The van der Waals surface area contributed by atoms with Crippen LogP contribution < -0.4 is 15.5 Å². The highest BCUT2D eigenvalue weighted by molar-refractivity contribution is 6.31. The Balaban J connectivity index is 1.42. The third-order valence-electron chi connectivity index (χ3n) is 7.33. The van der Waals surface area contributed by atoms with Crippen molar-refractivity contribution in [3.8, 4) is 0 Å². The molecule has 1 spiro atoms. The predicted octanol–water partition coefficient (Wildman–Crippen LogP) is 5.09. The van der Waals surface area contributed by atoms with E-state index in [4.69, 9.17) is 21.3 Å². The topological polar surface area (TPSA) is 126 Å². The van der Waals surface area contributed by atoms with Crippen molar-refractivity contribution in [3.05, 3.63) is 88.7 Å². The number of halogens is 1. The van der Waals surface area contributed by atoms with Gasteiger partial charge >= 0.3 is 12.2 Å². The molecule has 10 nitrogen and oxygen atoms in total. The molecular weight excluding hydrogens is 534 g/mol. The second kappa shape index (κ2) is 10.3. The van der Waals surface area contributed by atoms with Gasteiger partial charge in [0.1, 0.15) is 11.7 Å². The first kappa shape index (κ1) is 25.8. The molecule has 2 aliphatic rings. The summed E-state index contributed by atoms with van der Waals surface area (Å²) in [5.74, 6) is -0.950. The van der Waals surface area contributed by atoms with Crippen molar-refractivity contribution in [1.29, 1.82) is 0 Å². The maximum Gasteiger partial charge on any atom is 0.422 e. The molecule has 11 heteroatoms. The number of nitrogens with one attached hydrogen (secondary N) is 3. The molecule has 2 unspecified atom stereocenters. The number of aromatic amines is 1. The van der Waals surface area contributed by atoms with Gasteiger partial charge in [-0.05, 0) is 54.9 Å². The second-order valence-corrected chi connectivity index (χ2v) is 10.3. The Bertz CT molecular complexity index is 1620. The molecule has 1 aromatic heterocycles. The average Bonchev–Trinajstić information content (AvgIpc) is 3.60. The van der Waals surface area contributed by atoms with Crippen molar-refractivity contribution < 1.29 is 23.9 Å². The number of hydrogen-bond donors (Lipinski definition) is 3. The zero-order chi connectivity index (χ0) is 27.9. The third-order valence-corrected chi connectivity index (χ3v) is 7.57. The van der Waals surface area contributed by atoms with Crippen LogP contribution in [0.2, 0.25) is 5.02 Å². The molecule has 1 saturated heterocycles. The number of amides is 3. The van der Waals surface area contributed by atoms with Crippen molar-refractivity contribution in [2.75, 3.05) is 30.4 Å². The standard InChI is InChI=1S/C29H26ClN5O5/c1-39-27(37)32-19-8-9-22-23(15-19)34-25(33-22)20(13-17-5-3-2-4-6-17)26(36)35-24-10-7-18(30)14-21(24)29(40-28(35)38)11-12-31-16-29/h2-10,14-15,20,31H,11-13,16H2,1H3,(H,32,37)(H,33,34). The van der Waals surface area contributed by atoms with Crippen LogP contribution in [0.1, 0.15) is 29.3 Å². The van der Waals surface area contributed by atoms with E-state index >= 15 is 0 Å². The van der Waals surface area contributed by atoms with Crippen LogP contribution in [0.5, 0.6) is 0 Å². The van der Waals surface area contributed by atoms with Gasteiger partial charge in [-0.3, -0.25) is 10.1 Å². The number of carbonyl (C=O) groups excluding carboxylic acids is 3. The minimum atomic E-state index is -0.884. The Morgan fingerprint density at radius 1 is 1.18 bits per heavy atom. The van der Waals surface area contributed by atoms with E-state index in [9.17, 15) is 14.4 Å². The minimum absolute atomic E-state index is 0.284. The molecule has 204 valence electrons. The number of rotatable bonds is 5. The van der Waals surface area contributed by atoms with Crippen LogP contribution in [0.25, 0.3) is 11.0 Å². The molecule has 4 aromatic rings. The van der Waals surface area contributed by atoms with Crippen LogP contribution in [-0.2, 0) is 26.3 Å². The first-order valence-electron chi connectivity index (χ1n) is 12.8. The molecule has 1 fully saturated rings. The molecule has 0 saturated carbocycles. The van der Waals surface area contributed by atoms with E-state index in [2.05, 4.69) is 20.4 Å². The number of H-pyrrole nitrogens is 1. The molecule has 2 atom stereocenters. The summed E-state index contributed by atoms with van der Waals surface area (Å²) in [4.78, 5) is 48.6. The first-order valence-corrected chi connectivity index (χ1v) is 13.2. The molecule has 6 rings (SSSR count). The number of aromatic nitrogens is 2. The predicted molar refractivity (Wildman–Crippen MR) is 150 cm³/mol. The van der Waals surface area contributed by atoms with Gasteiger partial charge in [0.25, 0.3) is 0 Å². The minimum Gasteiger partial charge on any atom is -0.453 e. The third kappa shape index (κ3) is 4.65. The summed E-state index contributed by atoms with van der Waals surface area (Å²) in [5, 5.41) is 6.36. The Hall–Kier alpha value is -4.41. The number of nitrogens with zero attached hydrogens (tertiary/aromatic N) is 2. The normalized spacial score (nSPS) is 18.9. The molecule has 0 radical (unpaired) electrons. The summed E-state index contributed by atoms with van der Waals surface area (Å²) in [7, 11) is 1.28. The van der Waals surface area contributed by atoms with Crippen molar-refractivity contribution in [2.45, 2.75) is 24.4 Å². The number of carbonyl (C=O) groups is 3. The molecule has 3 amide bonds. The summed E-state index contributed by atoms with van der Waals surface area (Å²) in [6.45, 7) is 1.11. The van der Waals surface area contributed by atoms with Gasteiger partial charge in [-0.2, -0.15) is 0 Å². The number of fused-ring (bicyclic) bond motifs is 3. The highest BCUT2D eigenvalue weighted by Gasteiger charge is 2.50. The lowest BCUT2D eigenvalue weighted by Gasteiger charge is -2.40. The van der Waals surface area contributed by atoms with Crippen LogP contribution in [0.3, 0.4) is 0 Å². The lowest BCUT2D eigenvalue weighted by atomic mass is 9.88. The lowest BCUT2D eigenvalue weighted by Crippen LogP contribution is -2.51. The maximum atomic E-state index is 14.3. The van der Waals surface area contributed by atoms with E-state index in [1.807, 2.05) is 30.3 Å². The zero-order valence-corrected chi connectivity index (χ0v) is 22.3. The highest BCUT2D eigenvalue weighted by Crippen LogP contribution is 2.45. The fraction of sp³-hybridized carbons (Fsp3) is 0.241. The van der Waals surface area contributed by atoms with Crippen molar-refractivity contribution >= 4 is 52.1 Å². The summed E-state index contributed by atoms with van der Waals surface area (Å²) in [5.41, 5.74) is 2.87. The number of methoxy groups -OCH3 is 1. The molecule has 40 heavy (non-hydrogen) atoms.